The van der Waals surface area contributed by atoms with E-state index in [0.29, 0.717) is 12.5 Å². The number of rotatable bonds is 8. The first kappa shape index (κ1) is 13.9. The molecule has 0 aromatic carbocycles. The Hall–Kier alpha value is -0.130. The lowest BCUT2D eigenvalue weighted by Gasteiger charge is -2.11. The van der Waals surface area contributed by atoms with E-state index < -0.39 is 10.0 Å². The highest BCUT2D eigenvalue weighted by Crippen LogP contribution is 1.96. The minimum absolute atomic E-state index is 0.246. The van der Waals surface area contributed by atoms with Crippen molar-refractivity contribution in [3.63, 3.8) is 0 Å². The van der Waals surface area contributed by atoms with Gasteiger partial charge in [-0.15, -0.1) is 0 Å². The molecule has 0 aliphatic carbocycles. The first-order valence-electron chi connectivity index (χ1n) is 5.13. The summed E-state index contributed by atoms with van der Waals surface area (Å²) < 4.78 is 25.3. The van der Waals surface area contributed by atoms with Crippen LogP contribution in [0, 0.1) is 5.92 Å². The summed E-state index contributed by atoms with van der Waals surface area (Å²) in [5.74, 6) is 0.576. The standard InChI is InChI=1S/C9H22N2O2S/c1-4-5-6-14(12,13)11-8-9(2)7-10-3/h9-11H,4-8H2,1-3H3. The van der Waals surface area contributed by atoms with Crippen molar-refractivity contribution in [2.24, 2.45) is 5.92 Å². The van der Waals surface area contributed by atoms with E-state index in [1.54, 1.807) is 0 Å². The van der Waals surface area contributed by atoms with E-state index in [2.05, 4.69) is 10.0 Å². The summed E-state index contributed by atoms with van der Waals surface area (Å²) in [7, 11) is -1.17. The molecule has 14 heavy (non-hydrogen) atoms. The molecule has 0 rings (SSSR count). The summed E-state index contributed by atoms with van der Waals surface area (Å²) in [6.45, 7) is 5.35. The summed E-state index contributed by atoms with van der Waals surface area (Å²) in [5, 5.41) is 3.01. The molecule has 0 heterocycles. The van der Waals surface area contributed by atoms with Crippen molar-refractivity contribution in [2.75, 3.05) is 25.9 Å². The molecule has 0 aliphatic rings. The average molecular weight is 222 g/mol. The second-order valence-corrected chi connectivity index (χ2v) is 5.61. The van der Waals surface area contributed by atoms with Gasteiger partial charge in [-0.1, -0.05) is 20.3 Å². The number of hydrogen-bond donors (Lipinski definition) is 2. The molecule has 0 aliphatic heterocycles. The minimum atomic E-state index is -3.03. The van der Waals surface area contributed by atoms with Gasteiger partial charge in [-0.3, -0.25) is 0 Å². The van der Waals surface area contributed by atoms with E-state index >= 15 is 0 Å². The fraction of sp³-hybridized carbons (Fsp3) is 1.00. The monoisotopic (exact) mass is 222 g/mol. The van der Waals surface area contributed by atoms with E-state index in [0.717, 1.165) is 19.4 Å². The van der Waals surface area contributed by atoms with Gasteiger partial charge in [-0.2, -0.15) is 0 Å². The maximum Gasteiger partial charge on any atom is 0.211 e. The molecule has 0 fully saturated rings. The van der Waals surface area contributed by atoms with Crippen molar-refractivity contribution < 1.29 is 8.42 Å². The lowest BCUT2D eigenvalue weighted by atomic mass is 10.2. The highest BCUT2D eigenvalue weighted by molar-refractivity contribution is 7.89. The first-order chi connectivity index (χ1) is 6.52. The van der Waals surface area contributed by atoms with Gasteiger partial charge in [0, 0.05) is 6.54 Å². The fourth-order valence-corrected chi connectivity index (χ4v) is 2.45. The van der Waals surface area contributed by atoms with Crippen LogP contribution in [0.1, 0.15) is 26.7 Å². The molecule has 0 spiro atoms. The number of nitrogens with one attached hydrogen (secondary N) is 2. The zero-order valence-corrected chi connectivity index (χ0v) is 10.2. The Labute approximate surface area is 87.5 Å². The topological polar surface area (TPSA) is 58.2 Å². The average Bonchev–Trinajstić information content (AvgIpc) is 2.13. The van der Waals surface area contributed by atoms with Crippen LogP contribution >= 0.6 is 0 Å². The maximum atomic E-state index is 11.4. The Morgan fingerprint density at radius 2 is 1.93 bits per heavy atom. The van der Waals surface area contributed by atoms with Crippen molar-refractivity contribution in [3.8, 4) is 0 Å². The number of sulfonamides is 1. The molecule has 4 nitrogen and oxygen atoms in total. The molecule has 0 saturated carbocycles. The van der Waals surface area contributed by atoms with E-state index in [-0.39, 0.29) is 5.75 Å². The van der Waals surface area contributed by atoms with E-state index in [1.807, 2.05) is 20.9 Å². The molecule has 2 N–H and O–H groups in total. The Balaban J connectivity index is 3.75. The van der Waals surface area contributed by atoms with Crippen molar-refractivity contribution >= 4 is 10.0 Å². The van der Waals surface area contributed by atoms with Crippen LogP contribution < -0.4 is 10.0 Å². The summed E-state index contributed by atoms with van der Waals surface area (Å²) >= 11 is 0. The highest BCUT2D eigenvalue weighted by Gasteiger charge is 2.10. The normalized spacial score (nSPS) is 14.2. The molecule has 0 radical (unpaired) electrons. The van der Waals surface area contributed by atoms with Gasteiger partial charge in [0.05, 0.1) is 5.75 Å². The smallest absolute Gasteiger partial charge is 0.211 e. The third kappa shape index (κ3) is 7.29. The lowest BCUT2D eigenvalue weighted by molar-refractivity contribution is 0.518. The summed E-state index contributed by atoms with van der Waals surface area (Å²) in [4.78, 5) is 0. The van der Waals surface area contributed by atoms with Gasteiger partial charge in [0.15, 0.2) is 0 Å². The van der Waals surface area contributed by atoms with Crippen LogP contribution in [0.4, 0.5) is 0 Å². The number of hydrogen-bond acceptors (Lipinski definition) is 3. The predicted molar refractivity (Wildman–Crippen MR) is 59.8 cm³/mol. The van der Waals surface area contributed by atoms with Gasteiger partial charge < -0.3 is 5.32 Å². The molecule has 0 bridgehead atoms. The first-order valence-corrected chi connectivity index (χ1v) is 6.79. The Morgan fingerprint density at radius 3 is 2.43 bits per heavy atom. The summed E-state index contributed by atoms with van der Waals surface area (Å²) in [5.41, 5.74) is 0. The third-order valence-corrected chi connectivity index (χ3v) is 3.40. The van der Waals surface area contributed by atoms with Gasteiger partial charge in [0.2, 0.25) is 10.0 Å². The zero-order chi connectivity index (χ0) is 11.0. The second-order valence-electron chi connectivity index (χ2n) is 3.68. The molecule has 5 heteroatoms. The Kier molecular flexibility index (Phi) is 7.13. The molecular weight excluding hydrogens is 200 g/mol. The van der Waals surface area contributed by atoms with Gasteiger partial charge >= 0.3 is 0 Å². The van der Waals surface area contributed by atoms with Crippen molar-refractivity contribution in [3.05, 3.63) is 0 Å². The molecule has 0 amide bonds. The third-order valence-electron chi connectivity index (χ3n) is 1.97. The van der Waals surface area contributed by atoms with Crippen LogP contribution in [0.15, 0.2) is 0 Å². The van der Waals surface area contributed by atoms with E-state index in [9.17, 15) is 8.42 Å². The molecule has 86 valence electrons. The molecule has 0 saturated heterocycles. The largest absolute Gasteiger partial charge is 0.319 e. The van der Waals surface area contributed by atoms with Gasteiger partial charge in [0.1, 0.15) is 0 Å². The second kappa shape index (κ2) is 7.20. The van der Waals surface area contributed by atoms with E-state index in [4.69, 9.17) is 0 Å². The fourth-order valence-electron chi connectivity index (χ4n) is 1.10. The van der Waals surface area contributed by atoms with Crippen molar-refractivity contribution in [2.45, 2.75) is 26.7 Å². The van der Waals surface area contributed by atoms with Gasteiger partial charge in [-0.25, -0.2) is 13.1 Å². The maximum absolute atomic E-state index is 11.4. The van der Waals surface area contributed by atoms with Crippen LogP contribution in [0.3, 0.4) is 0 Å². The molecular formula is C9H22N2O2S. The van der Waals surface area contributed by atoms with Crippen LogP contribution in [-0.4, -0.2) is 34.3 Å². The molecule has 1 unspecified atom stereocenters. The van der Waals surface area contributed by atoms with Crippen LogP contribution in [0.25, 0.3) is 0 Å². The number of unbranched alkanes of at least 4 members (excludes halogenated alkanes) is 1. The van der Waals surface area contributed by atoms with Gasteiger partial charge in [-0.05, 0) is 25.9 Å². The van der Waals surface area contributed by atoms with Gasteiger partial charge in [0.25, 0.3) is 0 Å². The van der Waals surface area contributed by atoms with E-state index in [1.165, 1.54) is 0 Å². The zero-order valence-electron chi connectivity index (χ0n) is 9.34. The molecule has 0 aromatic heterocycles. The Bertz CT molecular complexity index is 227. The summed E-state index contributed by atoms with van der Waals surface area (Å²) in [6, 6.07) is 0. The molecule has 1 atom stereocenters. The van der Waals surface area contributed by atoms with Crippen molar-refractivity contribution in [1.82, 2.24) is 10.0 Å². The highest BCUT2D eigenvalue weighted by atomic mass is 32.2. The lowest BCUT2D eigenvalue weighted by Crippen LogP contribution is -2.33. The Morgan fingerprint density at radius 1 is 1.29 bits per heavy atom. The predicted octanol–water partition coefficient (Wildman–Crippen LogP) is 0.561. The quantitative estimate of drug-likeness (QED) is 0.631. The SMILES string of the molecule is CCCCS(=O)(=O)NCC(C)CNC. The van der Waals surface area contributed by atoms with Crippen LogP contribution in [0.5, 0.6) is 0 Å². The molecule has 0 aromatic rings. The minimum Gasteiger partial charge on any atom is -0.319 e. The van der Waals surface area contributed by atoms with Crippen molar-refractivity contribution in [1.29, 1.82) is 0 Å². The van der Waals surface area contributed by atoms with Crippen LogP contribution in [0.2, 0.25) is 0 Å². The summed E-state index contributed by atoms with van der Waals surface area (Å²) in [6.07, 6.45) is 1.64. The van der Waals surface area contributed by atoms with Crippen LogP contribution in [-0.2, 0) is 10.0 Å².